The van der Waals surface area contributed by atoms with E-state index in [1.165, 1.54) is 55.4 Å². The summed E-state index contributed by atoms with van der Waals surface area (Å²) in [6.45, 7) is 1.85. The number of benzene rings is 2. The van der Waals surface area contributed by atoms with Crippen LogP contribution in [0.1, 0.15) is 62.5 Å². The van der Waals surface area contributed by atoms with Crippen LogP contribution in [0.3, 0.4) is 0 Å². The lowest BCUT2D eigenvalue weighted by molar-refractivity contribution is 0.276. The normalized spacial score (nSPS) is 16.3. The molecule has 176 valence electrons. The maximum atomic E-state index is 10.5. The Morgan fingerprint density at radius 2 is 1.88 bits per heavy atom. The van der Waals surface area contributed by atoms with E-state index in [0.29, 0.717) is 12.0 Å². The fourth-order valence-electron chi connectivity index (χ4n) is 4.63. The molecule has 0 bridgehead atoms. The van der Waals surface area contributed by atoms with Gasteiger partial charge in [0.25, 0.3) is 0 Å². The average Bonchev–Trinajstić information content (AvgIpc) is 3.28. The van der Waals surface area contributed by atoms with Crippen molar-refractivity contribution in [1.82, 2.24) is 5.32 Å². The molecule has 0 spiro atoms. The van der Waals surface area contributed by atoms with E-state index < -0.39 is 8.25 Å². The summed E-state index contributed by atoms with van der Waals surface area (Å²) in [6.07, 6.45) is 10.0. The van der Waals surface area contributed by atoms with Crippen LogP contribution in [0.25, 0.3) is 0 Å². The number of unbranched alkanes of at least 4 members (excludes halogenated alkanes) is 1. The summed E-state index contributed by atoms with van der Waals surface area (Å²) in [6, 6.07) is 17.7. The van der Waals surface area contributed by atoms with E-state index in [0.717, 1.165) is 29.7 Å². The van der Waals surface area contributed by atoms with Gasteiger partial charge in [-0.3, -0.25) is 4.57 Å². The molecule has 0 saturated heterocycles. The van der Waals surface area contributed by atoms with E-state index in [1.807, 2.05) is 11.8 Å². The largest absolute Gasteiger partial charge is 0.326 e. The molecule has 32 heavy (non-hydrogen) atoms. The Balaban J connectivity index is 1.36. The summed E-state index contributed by atoms with van der Waals surface area (Å²) in [5, 5.41) is 3.35. The van der Waals surface area contributed by atoms with Gasteiger partial charge in [-0.2, -0.15) is 0 Å². The molecule has 0 heterocycles. The zero-order valence-electron chi connectivity index (χ0n) is 18.7. The molecule has 3 rings (SSSR count). The smallest absolute Gasteiger partial charge is 0.316 e. The van der Waals surface area contributed by atoms with Gasteiger partial charge in [0, 0.05) is 15.9 Å². The van der Waals surface area contributed by atoms with Gasteiger partial charge < -0.3 is 14.7 Å². The summed E-state index contributed by atoms with van der Waals surface area (Å²) in [5.41, 5.74) is 3.20. The second-order valence-electron chi connectivity index (χ2n) is 8.57. The van der Waals surface area contributed by atoms with Crippen LogP contribution in [0, 0.1) is 0 Å². The Kier molecular flexibility index (Phi) is 11.3. The Morgan fingerprint density at radius 1 is 1.09 bits per heavy atom. The maximum Gasteiger partial charge on any atom is 0.316 e. The number of hydrogen-bond acceptors (Lipinski definition) is 4. The van der Waals surface area contributed by atoms with E-state index >= 15 is 0 Å². The Labute approximate surface area is 206 Å². The highest BCUT2D eigenvalue weighted by molar-refractivity contribution is 9.10. The van der Waals surface area contributed by atoms with Crippen molar-refractivity contribution >= 4 is 35.9 Å². The average molecular weight is 541 g/mol. The fourth-order valence-corrected chi connectivity index (χ4v) is 6.65. The fraction of sp³-hybridized carbons (Fsp3) is 0.520. The molecule has 2 aromatic carbocycles. The minimum Gasteiger partial charge on any atom is -0.326 e. The number of halogens is 1. The number of thioether (sulfide) groups is 1. The Hall–Kier alpha value is -0.620. The molecule has 1 fully saturated rings. The van der Waals surface area contributed by atoms with Gasteiger partial charge in [0.05, 0.1) is 6.61 Å². The van der Waals surface area contributed by atoms with Crippen molar-refractivity contribution < 1.29 is 14.0 Å². The molecule has 2 aromatic rings. The van der Waals surface area contributed by atoms with Crippen LogP contribution in [0.2, 0.25) is 0 Å². The minimum absolute atomic E-state index is 0.313. The first-order chi connectivity index (χ1) is 15.6. The number of nitrogens with one attached hydrogen (secondary N) is 1. The lowest BCUT2D eigenvalue weighted by Gasteiger charge is -2.30. The van der Waals surface area contributed by atoms with E-state index in [-0.39, 0.29) is 0 Å². The quantitative estimate of drug-likeness (QED) is 0.152. The second kappa shape index (κ2) is 13.9. The van der Waals surface area contributed by atoms with Crippen molar-refractivity contribution in [3.8, 4) is 0 Å². The minimum atomic E-state index is -2.80. The van der Waals surface area contributed by atoms with Gasteiger partial charge in [-0.1, -0.05) is 55.7 Å². The molecule has 7 heteroatoms. The van der Waals surface area contributed by atoms with Crippen LogP contribution in [0.4, 0.5) is 0 Å². The van der Waals surface area contributed by atoms with Crippen molar-refractivity contribution in [2.75, 3.05) is 18.9 Å². The standard InChI is InChI=1S/C25H35BrNO3PS/c26-23-19-21(20-27-16-8-17-30-31(28)29)11-12-24(23)32-18-7-6-15-25(13-4-5-14-25)22-9-2-1-3-10-22/h1-3,9-12,19,27,31H,4-8,13-18,20H2,(H,28,29). The molecule has 0 amide bonds. The third kappa shape index (κ3) is 8.30. The molecule has 0 aromatic heterocycles. The molecule has 1 unspecified atom stereocenters. The number of hydrogen-bond donors (Lipinski definition) is 2. The molecule has 1 atom stereocenters. The lowest BCUT2D eigenvalue weighted by atomic mass is 9.75. The van der Waals surface area contributed by atoms with Crippen LogP contribution < -0.4 is 5.32 Å². The zero-order valence-corrected chi connectivity index (χ0v) is 22.1. The highest BCUT2D eigenvalue weighted by atomic mass is 79.9. The first kappa shape index (κ1) is 26.0. The Bertz CT molecular complexity index is 846. The van der Waals surface area contributed by atoms with Gasteiger partial charge in [-0.25, -0.2) is 0 Å². The van der Waals surface area contributed by atoms with Gasteiger partial charge in [0.2, 0.25) is 0 Å². The highest BCUT2D eigenvalue weighted by Gasteiger charge is 2.34. The molecule has 4 nitrogen and oxygen atoms in total. The second-order valence-corrected chi connectivity index (χ2v) is 11.4. The van der Waals surface area contributed by atoms with Crippen LogP contribution in [0.5, 0.6) is 0 Å². The summed E-state index contributed by atoms with van der Waals surface area (Å²) in [4.78, 5) is 9.94. The highest BCUT2D eigenvalue weighted by Crippen LogP contribution is 2.45. The van der Waals surface area contributed by atoms with E-state index in [1.54, 1.807) is 5.56 Å². The maximum absolute atomic E-state index is 10.5. The monoisotopic (exact) mass is 539 g/mol. The molecule has 1 aliphatic carbocycles. The molecule has 1 aliphatic rings. The van der Waals surface area contributed by atoms with Crippen molar-refractivity contribution in [2.45, 2.75) is 68.2 Å². The third-order valence-electron chi connectivity index (χ3n) is 6.30. The molecular formula is C25H35BrNO3PS. The van der Waals surface area contributed by atoms with Crippen molar-refractivity contribution in [3.05, 3.63) is 64.1 Å². The lowest BCUT2D eigenvalue weighted by Crippen LogP contribution is -2.21. The van der Waals surface area contributed by atoms with E-state index in [9.17, 15) is 4.57 Å². The van der Waals surface area contributed by atoms with Crippen LogP contribution in [-0.4, -0.2) is 23.8 Å². The molecule has 0 aliphatic heterocycles. The van der Waals surface area contributed by atoms with Gasteiger partial charge >= 0.3 is 8.25 Å². The predicted octanol–water partition coefficient (Wildman–Crippen LogP) is 7.10. The van der Waals surface area contributed by atoms with E-state index in [2.05, 4.69) is 69.8 Å². The molecule has 2 N–H and O–H groups in total. The van der Waals surface area contributed by atoms with Crippen LogP contribution in [0.15, 0.2) is 57.9 Å². The molecule has 1 saturated carbocycles. The van der Waals surface area contributed by atoms with Crippen molar-refractivity contribution in [3.63, 3.8) is 0 Å². The summed E-state index contributed by atoms with van der Waals surface area (Å²) in [7, 11) is -2.80. The van der Waals surface area contributed by atoms with E-state index in [4.69, 9.17) is 9.42 Å². The van der Waals surface area contributed by atoms with Crippen LogP contribution in [-0.2, 0) is 21.0 Å². The van der Waals surface area contributed by atoms with Crippen LogP contribution >= 0.6 is 35.9 Å². The van der Waals surface area contributed by atoms with Crippen molar-refractivity contribution in [2.24, 2.45) is 0 Å². The first-order valence-corrected chi connectivity index (χ1v) is 14.7. The summed E-state index contributed by atoms with van der Waals surface area (Å²) in [5.74, 6) is 1.15. The van der Waals surface area contributed by atoms with Gasteiger partial charge in [-0.15, -0.1) is 11.8 Å². The third-order valence-corrected chi connectivity index (χ3v) is 8.83. The topological polar surface area (TPSA) is 58.6 Å². The summed E-state index contributed by atoms with van der Waals surface area (Å²) < 4.78 is 16.3. The predicted molar refractivity (Wildman–Crippen MR) is 139 cm³/mol. The van der Waals surface area contributed by atoms with Gasteiger partial charge in [0.15, 0.2) is 0 Å². The van der Waals surface area contributed by atoms with Crippen molar-refractivity contribution in [1.29, 1.82) is 0 Å². The Morgan fingerprint density at radius 3 is 2.59 bits per heavy atom. The molecule has 0 radical (unpaired) electrons. The van der Waals surface area contributed by atoms with Gasteiger partial charge in [0.1, 0.15) is 0 Å². The number of rotatable bonds is 14. The molecular weight excluding hydrogens is 505 g/mol. The SMILES string of the molecule is O=[PH](O)OCCCNCc1ccc(SCCCCC2(c3ccccc3)CCCC2)c(Br)c1. The summed E-state index contributed by atoms with van der Waals surface area (Å²) >= 11 is 5.67. The van der Waals surface area contributed by atoms with Gasteiger partial charge in [-0.05, 0) is 89.0 Å². The first-order valence-electron chi connectivity index (χ1n) is 11.6. The zero-order chi connectivity index (χ0) is 22.7.